The molecule has 2 rings (SSSR count). The van der Waals surface area contributed by atoms with Crippen molar-refractivity contribution in [2.45, 2.75) is 13.8 Å². The number of phenols is 1. The van der Waals surface area contributed by atoms with Crippen molar-refractivity contribution in [3.63, 3.8) is 0 Å². The van der Waals surface area contributed by atoms with Crippen LogP contribution in [0, 0.1) is 13.8 Å². The standard InChI is InChI=1S/C18H17ClO3/c1-11-10-16(22-3)17(12(2)18(11)19)15(21)9-8-13-6-4-5-7-14(13)20/h4-10,20H,1-3H3/b9-8+. The molecular formula is C18H17ClO3. The zero-order valence-corrected chi connectivity index (χ0v) is 13.4. The maximum atomic E-state index is 12.5. The van der Waals surface area contributed by atoms with Crippen LogP contribution in [0.2, 0.25) is 5.02 Å². The topological polar surface area (TPSA) is 46.5 Å². The Morgan fingerprint density at radius 1 is 1.27 bits per heavy atom. The van der Waals surface area contributed by atoms with Gasteiger partial charge >= 0.3 is 0 Å². The molecule has 0 aliphatic carbocycles. The van der Waals surface area contributed by atoms with E-state index in [4.69, 9.17) is 16.3 Å². The third-order valence-corrected chi connectivity index (χ3v) is 4.04. The van der Waals surface area contributed by atoms with E-state index < -0.39 is 0 Å². The lowest BCUT2D eigenvalue weighted by Crippen LogP contribution is -2.04. The highest BCUT2D eigenvalue weighted by Crippen LogP contribution is 2.32. The number of benzene rings is 2. The van der Waals surface area contributed by atoms with Gasteiger partial charge in [-0.3, -0.25) is 4.79 Å². The predicted octanol–water partition coefficient (Wildman–Crippen LogP) is 4.57. The number of hydrogen-bond acceptors (Lipinski definition) is 3. The number of ether oxygens (including phenoxy) is 1. The van der Waals surface area contributed by atoms with E-state index in [1.807, 2.05) is 6.92 Å². The molecule has 2 aromatic carbocycles. The van der Waals surface area contributed by atoms with Crippen molar-refractivity contribution in [2.75, 3.05) is 7.11 Å². The zero-order chi connectivity index (χ0) is 16.3. The molecule has 22 heavy (non-hydrogen) atoms. The minimum absolute atomic E-state index is 0.122. The number of carbonyl (C=O) groups excluding carboxylic acids is 1. The van der Waals surface area contributed by atoms with Crippen molar-refractivity contribution in [1.82, 2.24) is 0 Å². The Kier molecular flexibility index (Phi) is 4.88. The number of aryl methyl sites for hydroxylation is 1. The summed E-state index contributed by atoms with van der Waals surface area (Å²) in [7, 11) is 1.52. The molecule has 0 atom stereocenters. The number of carbonyl (C=O) groups is 1. The number of rotatable bonds is 4. The summed E-state index contributed by atoms with van der Waals surface area (Å²) in [5.74, 6) is 0.392. The van der Waals surface area contributed by atoms with Gasteiger partial charge in [0, 0.05) is 10.6 Å². The number of ketones is 1. The third kappa shape index (κ3) is 3.15. The van der Waals surface area contributed by atoms with Crippen molar-refractivity contribution in [2.24, 2.45) is 0 Å². The molecule has 0 heterocycles. The highest BCUT2D eigenvalue weighted by Gasteiger charge is 2.17. The fourth-order valence-electron chi connectivity index (χ4n) is 2.27. The highest BCUT2D eigenvalue weighted by molar-refractivity contribution is 6.33. The molecular weight excluding hydrogens is 300 g/mol. The maximum Gasteiger partial charge on any atom is 0.189 e. The van der Waals surface area contributed by atoms with Gasteiger partial charge in [0.1, 0.15) is 11.5 Å². The van der Waals surface area contributed by atoms with Crippen molar-refractivity contribution >= 4 is 23.5 Å². The summed E-state index contributed by atoms with van der Waals surface area (Å²) in [4.78, 5) is 12.5. The average molecular weight is 317 g/mol. The largest absolute Gasteiger partial charge is 0.507 e. The smallest absolute Gasteiger partial charge is 0.189 e. The van der Waals surface area contributed by atoms with Gasteiger partial charge in [0.25, 0.3) is 0 Å². The molecule has 0 amide bonds. The summed E-state index contributed by atoms with van der Waals surface area (Å²) in [6.45, 7) is 3.66. The normalized spacial score (nSPS) is 10.9. The maximum absolute atomic E-state index is 12.5. The number of hydrogen-bond donors (Lipinski definition) is 1. The van der Waals surface area contributed by atoms with E-state index in [0.29, 0.717) is 27.5 Å². The average Bonchev–Trinajstić information content (AvgIpc) is 2.51. The molecule has 0 bridgehead atoms. The molecule has 0 saturated heterocycles. The van der Waals surface area contributed by atoms with E-state index in [-0.39, 0.29) is 11.5 Å². The molecule has 2 aromatic rings. The van der Waals surface area contributed by atoms with E-state index in [9.17, 15) is 9.90 Å². The third-order valence-electron chi connectivity index (χ3n) is 3.46. The van der Waals surface area contributed by atoms with Crippen LogP contribution in [-0.2, 0) is 0 Å². The molecule has 0 spiro atoms. The van der Waals surface area contributed by atoms with Crippen molar-refractivity contribution < 1.29 is 14.6 Å². The quantitative estimate of drug-likeness (QED) is 0.664. The second-order valence-electron chi connectivity index (χ2n) is 4.97. The zero-order valence-electron chi connectivity index (χ0n) is 12.7. The van der Waals surface area contributed by atoms with E-state index in [2.05, 4.69) is 0 Å². The summed E-state index contributed by atoms with van der Waals surface area (Å²) in [6.07, 6.45) is 2.98. The Morgan fingerprint density at radius 3 is 2.59 bits per heavy atom. The fraction of sp³-hybridized carbons (Fsp3) is 0.167. The van der Waals surface area contributed by atoms with E-state index in [1.165, 1.54) is 13.2 Å². The number of phenolic OH excluding ortho intramolecular Hbond substituents is 1. The molecule has 0 saturated carbocycles. The first-order chi connectivity index (χ1) is 10.5. The van der Waals surface area contributed by atoms with Gasteiger partial charge in [-0.1, -0.05) is 29.8 Å². The van der Waals surface area contributed by atoms with Gasteiger partial charge in [0.15, 0.2) is 5.78 Å². The summed E-state index contributed by atoms with van der Waals surface area (Å²) < 4.78 is 5.30. The van der Waals surface area contributed by atoms with Crippen LogP contribution in [0.5, 0.6) is 11.5 Å². The van der Waals surface area contributed by atoms with Crippen LogP contribution in [0.3, 0.4) is 0 Å². The Balaban J connectivity index is 2.42. The van der Waals surface area contributed by atoms with Crippen LogP contribution < -0.4 is 4.74 Å². The minimum Gasteiger partial charge on any atom is -0.507 e. The number of para-hydroxylation sites is 1. The van der Waals surface area contributed by atoms with Gasteiger partial charge in [-0.05, 0) is 49.3 Å². The number of allylic oxidation sites excluding steroid dienone is 1. The predicted molar refractivity (Wildman–Crippen MR) is 88.9 cm³/mol. The van der Waals surface area contributed by atoms with Gasteiger partial charge < -0.3 is 9.84 Å². The van der Waals surface area contributed by atoms with Gasteiger partial charge in [0.05, 0.1) is 12.7 Å². The minimum atomic E-state index is -0.223. The Morgan fingerprint density at radius 2 is 1.95 bits per heavy atom. The molecule has 0 radical (unpaired) electrons. The first kappa shape index (κ1) is 16.1. The monoisotopic (exact) mass is 316 g/mol. The SMILES string of the molecule is COc1cc(C)c(Cl)c(C)c1C(=O)/C=C/c1ccccc1O. The number of methoxy groups -OCH3 is 1. The van der Waals surface area contributed by atoms with Crippen LogP contribution in [0.4, 0.5) is 0 Å². The molecule has 114 valence electrons. The van der Waals surface area contributed by atoms with E-state index in [0.717, 1.165) is 5.56 Å². The molecule has 4 heteroatoms. The molecule has 0 aromatic heterocycles. The highest BCUT2D eigenvalue weighted by atomic mass is 35.5. The fourth-order valence-corrected chi connectivity index (χ4v) is 2.42. The summed E-state index contributed by atoms with van der Waals surface area (Å²) in [5.41, 5.74) is 2.55. The second-order valence-corrected chi connectivity index (χ2v) is 5.34. The van der Waals surface area contributed by atoms with E-state index in [1.54, 1.807) is 43.3 Å². The molecule has 1 N–H and O–H groups in total. The van der Waals surface area contributed by atoms with Crippen molar-refractivity contribution in [3.8, 4) is 11.5 Å². The molecule has 3 nitrogen and oxygen atoms in total. The molecule has 0 aliphatic rings. The first-order valence-corrected chi connectivity index (χ1v) is 7.17. The molecule has 0 unspecified atom stereocenters. The van der Waals surface area contributed by atoms with Gasteiger partial charge in [-0.15, -0.1) is 0 Å². The van der Waals surface area contributed by atoms with Crippen LogP contribution in [-0.4, -0.2) is 18.0 Å². The molecule has 0 fully saturated rings. The lowest BCUT2D eigenvalue weighted by Gasteiger charge is -2.13. The summed E-state index contributed by atoms with van der Waals surface area (Å²) >= 11 is 6.23. The van der Waals surface area contributed by atoms with E-state index >= 15 is 0 Å². The summed E-state index contributed by atoms with van der Waals surface area (Å²) in [6, 6.07) is 8.56. The molecule has 0 aliphatic heterocycles. The first-order valence-electron chi connectivity index (χ1n) is 6.79. The van der Waals surface area contributed by atoms with Crippen LogP contribution in [0.1, 0.15) is 27.0 Å². The number of aromatic hydroxyl groups is 1. The summed E-state index contributed by atoms with van der Waals surface area (Å²) in [5, 5.41) is 10.3. The van der Waals surface area contributed by atoms with Gasteiger partial charge in [-0.25, -0.2) is 0 Å². The Bertz CT molecular complexity index is 748. The van der Waals surface area contributed by atoms with Crippen LogP contribution in [0.25, 0.3) is 6.08 Å². The van der Waals surface area contributed by atoms with Gasteiger partial charge in [-0.2, -0.15) is 0 Å². The lowest BCUT2D eigenvalue weighted by molar-refractivity contribution is 0.104. The Hall–Kier alpha value is -2.26. The van der Waals surface area contributed by atoms with Crippen LogP contribution in [0.15, 0.2) is 36.4 Å². The van der Waals surface area contributed by atoms with Crippen molar-refractivity contribution in [1.29, 1.82) is 0 Å². The Labute approximate surface area is 134 Å². The van der Waals surface area contributed by atoms with Crippen LogP contribution >= 0.6 is 11.6 Å². The van der Waals surface area contributed by atoms with Gasteiger partial charge in [0.2, 0.25) is 0 Å². The van der Waals surface area contributed by atoms with Crippen molar-refractivity contribution in [3.05, 3.63) is 63.7 Å². The lowest BCUT2D eigenvalue weighted by atomic mass is 9.99. The number of halogens is 1. The second kappa shape index (κ2) is 6.67.